The van der Waals surface area contributed by atoms with E-state index in [1.165, 1.54) is 31.0 Å². The molecule has 2 aromatic carbocycles. The van der Waals surface area contributed by atoms with Crippen molar-refractivity contribution in [3.05, 3.63) is 72.8 Å². The zero-order valence-corrected chi connectivity index (χ0v) is 17.2. The number of carbonyl (C=O) groups excluding carboxylic acids is 1. The van der Waals surface area contributed by atoms with Crippen molar-refractivity contribution in [1.29, 1.82) is 0 Å². The van der Waals surface area contributed by atoms with E-state index in [-0.39, 0.29) is 5.91 Å². The van der Waals surface area contributed by atoms with Crippen LogP contribution in [-0.4, -0.2) is 33.9 Å². The molecule has 0 unspecified atom stereocenters. The van der Waals surface area contributed by atoms with E-state index >= 15 is 0 Å². The van der Waals surface area contributed by atoms with Crippen molar-refractivity contribution in [1.82, 2.24) is 15.0 Å². The summed E-state index contributed by atoms with van der Waals surface area (Å²) >= 11 is 0. The van der Waals surface area contributed by atoms with Crippen LogP contribution >= 0.6 is 0 Å². The number of benzene rings is 2. The van der Waals surface area contributed by atoms with Gasteiger partial charge in [-0.2, -0.15) is 0 Å². The number of nitrogens with zero attached hydrogens (tertiary/aromatic N) is 4. The molecular formula is C25H23N5O. The topological polar surface area (TPSA) is 71.0 Å². The number of pyridine rings is 1. The second-order valence-corrected chi connectivity index (χ2v) is 7.71. The van der Waals surface area contributed by atoms with Crippen LogP contribution in [0.3, 0.4) is 0 Å². The number of carbonyl (C=O) groups is 1. The lowest BCUT2D eigenvalue weighted by Crippen LogP contribution is -2.29. The number of anilines is 2. The van der Waals surface area contributed by atoms with Gasteiger partial charge in [-0.15, -0.1) is 0 Å². The van der Waals surface area contributed by atoms with Crippen LogP contribution in [0.1, 0.15) is 25.0 Å². The molecule has 0 aliphatic carbocycles. The lowest BCUT2D eigenvalue weighted by Gasteiger charge is -2.30. The smallest absolute Gasteiger partial charge is 0.248 e. The highest BCUT2D eigenvalue weighted by Gasteiger charge is 2.15. The van der Waals surface area contributed by atoms with Gasteiger partial charge in [0, 0.05) is 48.0 Å². The summed E-state index contributed by atoms with van der Waals surface area (Å²) in [7, 11) is 0. The number of hydrogen-bond acceptors (Lipinski definition) is 5. The zero-order chi connectivity index (χ0) is 21.0. The Morgan fingerprint density at radius 3 is 2.65 bits per heavy atom. The third kappa shape index (κ3) is 4.10. The Bertz CT molecular complexity index is 1280. The van der Waals surface area contributed by atoms with Crippen molar-refractivity contribution in [2.75, 3.05) is 23.3 Å². The van der Waals surface area contributed by atoms with Gasteiger partial charge in [0.1, 0.15) is 0 Å². The molecule has 4 aromatic rings. The molecule has 0 radical (unpaired) electrons. The average molecular weight is 409 g/mol. The van der Waals surface area contributed by atoms with Gasteiger partial charge in [-0.3, -0.25) is 14.8 Å². The zero-order valence-electron chi connectivity index (χ0n) is 17.2. The van der Waals surface area contributed by atoms with Crippen molar-refractivity contribution in [3.8, 4) is 0 Å². The highest BCUT2D eigenvalue weighted by atomic mass is 16.1. The van der Waals surface area contributed by atoms with Gasteiger partial charge in [-0.1, -0.05) is 12.1 Å². The van der Waals surface area contributed by atoms with Crippen molar-refractivity contribution in [3.63, 3.8) is 0 Å². The molecule has 6 heteroatoms. The summed E-state index contributed by atoms with van der Waals surface area (Å²) in [5.74, 6) is -0.217. The predicted octanol–water partition coefficient (Wildman–Crippen LogP) is 4.82. The molecule has 2 aromatic heterocycles. The average Bonchev–Trinajstić information content (AvgIpc) is 2.83. The molecule has 1 aliphatic heterocycles. The molecule has 1 N–H and O–H groups in total. The number of amides is 1. The first-order chi connectivity index (χ1) is 15.3. The molecule has 0 spiro atoms. The molecule has 31 heavy (non-hydrogen) atoms. The number of para-hydroxylation sites is 2. The highest BCUT2D eigenvalue weighted by Crippen LogP contribution is 2.33. The van der Waals surface area contributed by atoms with Crippen LogP contribution in [0.25, 0.3) is 27.9 Å². The minimum absolute atomic E-state index is 0.217. The lowest BCUT2D eigenvalue weighted by molar-refractivity contribution is -0.111. The molecule has 1 amide bonds. The SMILES string of the molecule is O=C(/C=C/c1cnc2ccccc2n1)Nc1ccc(N2CCCCC2)c2ccncc12. The molecular weight excluding hydrogens is 386 g/mol. The first-order valence-electron chi connectivity index (χ1n) is 10.6. The van der Waals surface area contributed by atoms with E-state index in [1.807, 2.05) is 42.6 Å². The number of fused-ring (bicyclic) bond motifs is 2. The fraction of sp³-hybridized carbons (Fsp3) is 0.200. The van der Waals surface area contributed by atoms with Crippen molar-refractivity contribution >= 4 is 45.2 Å². The van der Waals surface area contributed by atoms with Crippen LogP contribution in [0.15, 0.2) is 67.1 Å². The normalized spacial score (nSPS) is 14.4. The maximum Gasteiger partial charge on any atom is 0.248 e. The minimum atomic E-state index is -0.217. The maximum absolute atomic E-state index is 12.6. The first-order valence-corrected chi connectivity index (χ1v) is 10.6. The molecule has 3 heterocycles. The Balaban J connectivity index is 1.38. The van der Waals surface area contributed by atoms with Crippen molar-refractivity contribution in [2.24, 2.45) is 0 Å². The first kappa shape index (κ1) is 19.2. The number of nitrogens with one attached hydrogen (secondary N) is 1. The van der Waals surface area contributed by atoms with E-state index in [4.69, 9.17) is 0 Å². The van der Waals surface area contributed by atoms with E-state index in [2.05, 4.69) is 31.2 Å². The third-order valence-electron chi connectivity index (χ3n) is 5.62. The highest BCUT2D eigenvalue weighted by molar-refractivity contribution is 6.09. The lowest BCUT2D eigenvalue weighted by atomic mass is 10.1. The van der Waals surface area contributed by atoms with Crippen molar-refractivity contribution in [2.45, 2.75) is 19.3 Å². The van der Waals surface area contributed by atoms with Gasteiger partial charge in [0.2, 0.25) is 5.91 Å². The second-order valence-electron chi connectivity index (χ2n) is 7.71. The summed E-state index contributed by atoms with van der Waals surface area (Å²) < 4.78 is 0. The quantitative estimate of drug-likeness (QED) is 0.489. The van der Waals surface area contributed by atoms with Gasteiger partial charge in [0.15, 0.2) is 0 Å². The van der Waals surface area contributed by atoms with Gasteiger partial charge in [-0.05, 0) is 55.7 Å². The Morgan fingerprint density at radius 1 is 0.935 bits per heavy atom. The fourth-order valence-electron chi connectivity index (χ4n) is 4.08. The number of piperidine rings is 1. The second kappa shape index (κ2) is 8.52. The van der Waals surface area contributed by atoms with E-state index < -0.39 is 0 Å². The molecule has 0 saturated carbocycles. The van der Waals surface area contributed by atoms with Gasteiger partial charge < -0.3 is 10.2 Å². The maximum atomic E-state index is 12.6. The monoisotopic (exact) mass is 409 g/mol. The number of rotatable bonds is 4. The summed E-state index contributed by atoms with van der Waals surface area (Å²) in [4.78, 5) is 28.2. The standard InChI is InChI=1S/C25H23N5O/c31-25(11-8-18-16-27-22-6-2-3-7-23(22)28-18)29-21-9-10-24(30-14-4-1-5-15-30)19-12-13-26-17-20(19)21/h2-3,6-13,16-17H,1,4-5,14-15H2,(H,29,31)/b11-8+. The summed E-state index contributed by atoms with van der Waals surface area (Å²) in [6.45, 7) is 2.14. The third-order valence-corrected chi connectivity index (χ3v) is 5.62. The Hall–Kier alpha value is -3.80. The number of hydrogen-bond donors (Lipinski definition) is 1. The van der Waals surface area contributed by atoms with Crippen LogP contribution in [0, 0.1) is 0 Å². The number of aromatic nitrogens is 3. The summed E-state index contributed by atoms with van der Waals surface area (Å²) in [6.07, 6.45) is 12.2. The molecule has 1 fully saturated rings. The van der Waals surface area contributed by atoms with Gasteiger partial charge in [0.25, 0.3) is 0 Å². The molecule has 6 nitrogen and oxygen atoms in total. The predicted molar refractivity (Wildman–Crippen MR) is 125 cm³/mol. The largest absolute Gasteiger partial charge is 0.371 e. The van der Waals surface area contributed by atoms with Gasteiger partial charge in [0.05, 0.1) is 28.6 Å². The van der Waals surface area contributed by atoms with E-state index in [9.17, 15) is 4.79 Å². The van der Waals surface area contributed by atoms with Crippen LogP contribution in [0.4, 0.5) is 11.4 Å². The van der Waals surface area contributed by atoms with Crippen molar-refractivity contribution < 1.29 is 4.79 Å². The Kier molecular flexibility index (Phi) is 5.27. The van der Waals surface area contributed by atoms with Crippen LogP contribution in [-0.2, 0) is 4.79 Å². The van der Waals surface area contributed by atoms with E-state index in [0.717, 1.165) is 40.6 Å². The summed E-state index contributed by atoms with van der Waals surface area (Å²) in [5, 5.41) is 5.04. The molecule has 0 atom stereocenters. The Morgan fingerprint density at radius 2 is 1.77 bits per heavy atom. The van der Waals surface area contributed by atoms with Gasteiger partial charge in [-0.25, -0.2) is 4.98 Å². The minimum Gasteiger partial charge on any atom is -0.371 e. The summed E-state index contributed by atoms with van der Waals surface area (Å²) in [5.41, 5.74) is 4.23. The molecule has 154 valence electrons. The van der Waals surface area contributed by atoms with Crippen LogP contribution < -0.4 is 10.2 Å². The van der Waals surface area contributed by atoms with E-state index in [1.54, 1.807) is 18.5 Å². The fourth-order valence-corrected chi connectivity index (χ4v) is 4.08. The molecule has 5 rings (SSSR count). The Labute approximate surface area is 180 Å². The molecule has 0 bridgehead atoms. The van der Waals surface area contributed by atoms with E-state index in [0.29, 0.717) is 5.69 Å². The van der Waals surface area contributed by atoms with Gasteiger partial charge >= 0.3 is 0 Å². The molecule has 1 aliphatic rings. The van der Waals surface area contributed by atoms with Crippen LogP contribution in [0.2, 0.25) is 0 Å². The van der Waals surface area contributed by atoms with Crippen LogP contribution in [0.5, 0.6) is 0 Å². The molecule has 1 saturated heterocycles. The summed E-state index contributed by atoms with van der Waals surface area (Å²) in [6, 6.07) is 13.8.